The lowest BCUT2D eigenvalue weighted by Crippen LogP contribution is -1.83. The topological polar surface area (TPSA) is 58.0 Å². The molecule has 4 nitrogen and oxygen atoms in total. The molecule has 2 aromatic carbocycles. The molecule has 0 aliphatic carbocycles. The Bertz CT molecular complexity index is 557. The molecule has 0 aromatic heterocycles. The van der Waals surface area contributed by atoms with Gasteiger partial charge in [-0.1, -0.05) is 35.4 Å². The van der Waals surface area contributed by atoms with Crippen LogP contribution in [0, 0.1) is 6.07 Å². The van der Waals surface area contributed by atoms with Crippen molar-refractivity contribution in [3.8, 4) is 16.9 Å². The normalized spacial score (nSPS) is 9.47. The van der Waals surface area contributed by atoms with E-state index in [2.05, 4.69) is 16.1 Å². The molecule has 0 saturated carbocycles. The number of methoxy groups -OCH3 is 1. The monoisotopic (exact) mass is 224 g/mol. The Morgan fingerprint density at radius 3 is 2.65 bits per heavy atom. The van der Waals surface area contributed by atoms with Crippen molar-refractivity contribution < 1.29 is 4.74 Å². The first-order chi connectivity index (χ1) is 8.35. The zero-order valence-corrected chi connectivity index (χ0v) is 9.29. The Morgan fingerprint density at radius 1 is 1.24 bits per heavy atom. The minimum Gasteiger partial charge on any atom is -0.497 e. The average molecular weight is 224 g/mol. The molecule has 4 heteroatoms. The summed E-state index contributed by atoms with van der Waals surface area (Å²) in [7, 11) is 1.62. The third kappa shape index (κ3) is 2.38. The van der Waals surface area contributed by atoms with Crippen molar-refractivity contribution >= 4 is 5.69 Å². The van der Waals surface area contributed by atoms with E-state index in [4.69, 9.17) is 10.3 Å². The van der Waals surface area contributed by atoms with Gasteiger partial charge >= 0.3 is 0 Å². The van der Waals surface area contributed by atoms with Crippen LogP contribution in [0.25, 0.3) is 21.6 Å². The Hall–Kier alpha value is -2.45. The molecule has 0 aliphatic rings. The van der Waals surface area contributed by atoms with E-state index in [0.717, 1.165) is 16.9 Å². The lowest BCUT2D eigenvalue weighted by Gasteiger charge is -2.05. The van der Waals surface area contributed by atoms with Gasteiger partial charge in [0.25, 0.3) is 0 Å². The Balaban J connectivity index is 2.48. The largest absolute Gasteiger partial charge is 0.497 e. The highest BCUT2D eigenvalue weighted by Gasteiger charge is 2.03. The summed E-state index contributed by atoms with van der Waals surface area (Å²) in [6.45, 7) is 0. The van der Waals surface area contributed by atoms with E-state index in [-0.39, 0.29) is 0 Å². The van der Waals surface area contributed by atoms with Gasteiger partial charge in [-0.3, -0.25) is 0 Å². The molecule has 0 heterocycles. The Kier molecular flexibility index (Phi) is 3.28. The Labute approximate surface area is 99.1 Å². The molecule has 0 bridgehead atoms. The standard InChI is InChI=1S/C13H10N3O/c1-17-11-8-6-10(7-9-11)12-4-2-3-5-13(12)15-16-14/h2-4,6-9H,1H3. The van der Waals surface area contributed by atoms with Gasteiger partial charge in [-0.25, -0.2) is 0 Å². The molecular formula is C13H10N3O. The van der Waals surface area contributed by atoms with E-state index in [1.807, 2.05) is 36.4 Å². The summed E-state index contributed by atoms with van der Waals surface area (Å²) >= 11 is 0. The molecule has 0 aliphatic heterocycles. The maximum absolute atomic E-state index is 8.49. The van der Waals surface area contributed by atoms with Crippen molar-refractivity contribution in [1.82, 2.24) is 0 Å². The highest BCUT2D eigenvalue weighted by molar-refractivity contribution is 5.75. The van der Waals surface area contributed by atoms with Crippen molar-refractivity contribution in [3.63, 3.8) is 0 Å². The lowest BCUT2D eigenvalue weighted by molar-refractivity contribution is 0.415. The summed E-state index contributed by atoms with van der Waals surface area (Å²) in [5.41, 5.74) is 10.8. The highest BCUT2D eigenvalue weighted by atomic mass is 16.5. The first-order valence-corrected chi connectivity index (χ1v) is 5.05. The molecule has 83 valence electrons. The number of azide groups is 1. The second-order valence-corrected chi connectivity index (χ2v) is 3.35. The quantitative estimate of drug-likeness (QED) is 0.439. The first-order valence-electron chi connectivity index (χ1n) is 5.05. The third-order valence-corrected chi connectivity index (χ3v) is 2.38. The molecule has 0 atom stereocenters. The molecule has 2 aromatic rings. The minimum absolute atomic E-state index is 0.500. The fraction of sp³-hybridized carbons (Fsp3) is 0.0769. The van der Waals surface area contributed by atoms with Gasteiger partial charge < -0.3 is 4.74 Å². The van der Waals surface area contributed by atoms with Crippen molar-refractivity contribution in [2.24, 2.45) is 5.11 Å². The van der Waals surface area contributed by atoms with E-state index in [9.17, 15) is 0 Å². The highest BCUT2D eigenvalue weighted by Crippen LogP contribution is 2.30. The SMILES string of the molecule is COc1ccc(-c2ccc[c]c2N=[N+]=[N-])cc1. The second-order valence-electron chi connectivity index (χ2n) is 3.35. The number of hydrogen-bond acceptors (Lipinski definition) is 2. The molecule has 0 unspecified atom stereocenters. The van der Waals surface area contributed by atoms with Crippen LogP contribution < -0.4 is 4.74 Å². The van der Waals surface area contributed by atoms with Crippen LogP contribution in [-0.2, 0) is 0 Å². The fourth-order valence-electron chi connectivity index (χ4n) is 1.56. The Morgan fingerprint density at radius 2 is 2.00 bits per heavy atom. The van der Waals surface area contributed by atoms with Crippen LogP contribution in [0.4, 0.5) is 5.69 Å². The van der Waals surface area contributed by atoms with Gasteiger partial charge in [0.15, 0.2) is 0 Å². The summed E-state index contributed by atoms with van der Waals surface area (Å²) in [4.78, 5) is 2.79. The number of nitrogens with zero attached hydrogens (tertiary/aromatic N) is 3. The van der Waals surface area contributed by atoms with E-state index in [0.29, 0.717) is 5.69 Å². The summed E-state index contributed by atoms with van der Waals surface area (Å²) in [6.07, 6.45) is 0. The average Bonchev–Trinajstić information content (AvgIpc) is 2.40. The zero-order valence-electron chi connectivity index (χ0n) is 9.29. The summed E-state index contributed by atoms with van der Waals surface area (Å²) < 4.78 is 5.09. The van der Waals surface area contributed by atoms with E-state index >= 15 is 0 Å². The van der Waals surface area contributed by atoms with Crippen LogP contribution in [0.3, 0.4) is 0 Å². The number of benzene rings is 2. The van der Waals surface area contributed by atoms with Gasteiger partial charge in [-0.15, -0.1) is 0 Å². The van der Waals surface area contributed by atoms with Gasteiger partial charge in [0, 0.05) is 4.91 Å². The molecule has 0 fully saturated rings. The van der Waals surface area contributed by atoms with Crippen LogP contribution >= 0.6 is 0 Å². The number of rotatable bonds is 3. The molecule has 2 rings (SSSR count). The summed E-state index contributed by atoms with van der Waals surface area (Å²) in [6, 6.07) is 15.9. The second kappa shape index (κ2) is 5.05. The molecule has 1 radical (unpaired) electrons. The van der Waals surface area contributed by atoms with Crippen LogP contribution in [0.2, 0.25) is 0 Å². The molecule has 0 amide bonds. The van der Waals surface area contributed by atoms with Crippen molar-refractivity contribution in [1.29, 1.82) is 0 Å². The van der Waals surface area contributed by atoms with E-state index in [1.165, 1.54) is 0 Å². The molecule has 0 N–H and O–H groups in total. The summed E-state index contributed by atoms with van der Waals surface area (Å²) in [5, 5.41) is 3.62. The molecular weight excluding hydrogens is 214 g/mol. The lowest BCUT2D eigenvalue weighted by atomic mass is 10.0. The third-order valence-electron chi connectivity index (χ3n) is 2.38. The fourth-order valence-corrected chi connectivity index (χ4v) is 1.56. The van der Waals surface area contributed by atoms with E-state index < -0.39 is 0 Å². The van der Waals surface area contributed by atoms with Crippen molar-refractivity contribution in [3.05, 3.63) is 59.0 Å². The smallest absolute Gasteiger partial charge is 0.118 e. The van der Waals surface area contributed by atoms with Gasteiger partial charge in [0.1, 0.15) is 5.75 Å². The predicted octanol–water partition coefficient (Wildman–Crippen LogP) is 4.10. The minimum atomic E-state index is 0.500. The number of hydrogen-bond donors (Lipinski definition) is 0. The van der Waals surface area contributed by atoms with Gasteiger partial charge in [-0.2, -0.15) is 0 Å². The van der Waals surface area contributed by atoms with Crippen LogP contribution in [-0.4, -0.2) is 7.11 Å². The van der Waals surface area contributed by atoms with E-state index in [1.54, 1.807) is 13.2 Å². The number of ether oxygens (including phenoxy) is 1. The first kappa shape index (κ1) is 11.0. The summed E-state index contributed by atoms with van der Waals surface area (Å²) in [5.74, 6) is 0.791. The van der Waals surface area contributed by atoms with Gasteiger partial charge in [0.2, 0.25) is 0 Å². The predicted molar refractivity (Wildman–Crippen MR) is 66.1 cm³/mol. The van der Waals surface area contributed by atoms with Crippen molar-refractivity contribution in [2.45, 2.75) is 0 Å². The molecule has 0 spiro atoms. The van der Waals surface area contributed by atoms with Gasteiger partial charge in [0.05, 0.1) is 12.8 Å². The van der Waals surface area contributed by atoms with Gasteiger partial charge in [-0.05, 0) is 34.9 Å². The maximum atomic E-state index is 8.49. The van der Waals surface area contributed by atoms with Crippen LogP contribution in [0.5, 0.6) is 5.75 Å². The van der Waals surface area contributed by atoms with Crippen LogP contribution in [0.15, 0.2) is 47.6 Å². The molecule has 17 heavy (non-hydrogen) atoms. The zero-order chi connectivity index (χ0) is 12.1. The van der Waals surface area contributed by atoms with Crippen LogP contribution in [0.1, 0.15) is 0 Å². The van der Waals surface area contributed by atoms with Crippen molar-refractivity contribution in [2.75, 3.05) is 7.11 Å². The molecule has 0 saturated heterocycles. The maximum Gasteiger partial charge on any atom is 0.118 e.